The van der Waals surface area contributed by atoms with E-state index in [1.54, 1.807) is 32.3 Å². The van der Waals surface area contributed by atoms with E-state index < -0.39 is 0 Å². The number of rotatable bonds is 5. The number of anilines is 1. The number of nitrogens with one attached hydrogen (secondary N) is 1. The van der Waals surface area contributed by atoms with E-state index in [0.29, 0.717) is 22.7 Å². The zero-order chi connectivity index (χ0) is 15.3. The number of hydrogen-bond donors (Lipinski definition) is 2. The van der Waals surface area contributed by atoms with Gasteiger partial charge in [0.05, 0.1) is 16.6 Å². The first-order valence-electron chi connectivity index (χ1n) is 6.42. The Kier molecular flexibility index (Phi) is 5.98. The lowest BCUT2D eigenvalue weighted by Crippen LogP contribution is -2.29. The molecule has 0 radical (unpaired) electrons. The molecule has 5 nitrogen and oxygen atoms in total. The second-order valence-corrected chi connectivity index (χ2v) is 5.13. The van der Waals surface area contributed by atoms with Gasteiger partial charge in [-0.15, -0.1) is 0 Å². The summed E-state index contributed by atoms with van der Waals surface area (Å²) in [4.78, 5) is 25.3. The molecular formula is C14H20ClN3O2. The average Bonchev–Trinajstić information content (AvgIpc) is 2.41. The lowest BCUT2D eigenvalue weighted by atomic mass is 10.1. The summed E-state index contributed by atoms with van der Waals surface area (Å²) in [6.45, 7) is 2.17. The molecule has 1 aromatic rings. The standard InChI is InChI=1S/C14H20ClN3O2/c1-4-9(8-16)13(19)17-12-7-10(5-6-11(12)15)14(20)18(2)3/h5-7,9H,4,8,16H2,1-3H3,(H,17,19). The van der Waals surface area contributed by atoms with Gasteiger partial charge in [-0.25, -0.2) is 0 Å². The molecule has 0 saturated carbocycles. The van der Waals surface area contributed by atoms with Crippen LogP contribution in [0.15, 0.2) is 18.2 Å². The third-order valence-electron chi connectivity index (χ3n) is 3.03. The van der Waals surface area contributed by atoms with E-state index in [0.717, 1.165) is 0 Å². The second kappa shape index (κ2) is 7.26. The molecule has 0 fully saturated rings. The van der Waals surface area contributed by atoms with Gasteiger partial charge < -0.3 is 16.0 Å². The Morgan fingerprint density at radius 3 is 2.55 bits per heavy atom. The SMILES string of the molecule is CCC(CN)C(=O)Nc1cc(C(=O)N(C)C)ccc1Cl. The van der Waals surface area contributed by atoms with Crippen LogP contribution in [0.1, 0.15) is 23.7 Å². The van der Waals surface area contributed by atoms with E-state index in [-0.39, 0.29) is 24.3 Å². The summed E-state index contributed by atoms with van der Waals surface area (Å²) in [6.07, 6.45) is 0.649. The van der Waals surface area contributed by atoms with Crippen molar-refractivity contribution in [3.05, 3.63) is 28.8 Å². The summed E-state index contributed by atoms with van der Waals surface area (Å²) < 4.78 is 0. The third kappa shape index (κ3) is 3.95. The highest BCUT2D eigenvalue weighted by Gasteiger charge is 2.17. The van der Waals surface area contributed by atoms with Gasteiger partial charge in [-0.1, -0.05) is 18.5 Å². The zero-order valence-corrected chi connectivity index (χ0v) is 12.7. The molecule has 6 heteroatoms. The van der Waals surface area contributed by atoms with E-state index in [4.69, 9.17) is 17.3 Å². The van der Waals surface area contributed by atoms with Crippen LogP contribution in [0, 0.1) is 5.92 Å². The number of amides is 2. The van der Waals surface area contributed by atoms with Gasteiger partial charge in [0.1, 0.15) is 0 Å². The van der Waals surface area contributed by atoms with Crippen LogP contribution in [-0.4, -0.2) is 37.4 Å². The van der Waals surface area contributed by atoms with Crippen molar-refractivity contribution in [2.45, 2.75) is 13.3 Å². The van der Waals surface area contributed by atoms with Crippen molar-refractivity contribution in [1.29, 1.82) is 0 Å². The Balaban J connectivity index is 2.98. The van der Waals surface area contributed by atoms with E-state index in [2.05, 4.69) is 5.32 Å². The molecule has 0 spiro atoms. The quantitative estimate of drug-likeness (QED) is 0.872. The molecule has 20 heavy (non-hydrogen) atoms. The highest BCUT2D eigenvalue weighted by molar-refractivity contribution is 6.33. The molecule has 0 aromatic heterocycles. The summed E-state index contributed by atoms with van der Waals surface area (Å²) in [6, 6.07) is 4.80. The topological polar surface area (TPSA) is 75.4 Å². The summed E-state index contributed by atoms with van der Waals surface area (Å²) in [5.74, 6) is -0.603. The van der Waals surface area contributed by atoms with E-state index in [9.17, 15) is 9.59 Å². The minimum absolute atomic E-state index is 0.150. The molecule has 0 aliphatic rings. The number of nitrogens with two attached hydrogens (primary N) is 1. The molecular weight excluding hydrogens is 278 g/mol. The van der Waals surface area contributed by atoms with Crippen LogP contribution in [0.4, 0.5) is 5.69 Å². The number of nitrogens with zero attached hydrogens (tertiary/aromatic N) is 1. The van der Waals surface area contributed by atoms with Gasteiger partial charge in [0.15, 0.2) is 0 Å². The van der Waals surface area contributed by atoms with Gasteiger partial charge in [-0.05, 0) is 24.6 Å². The van der Waals surface area contributed by atoms with Crippen molar-refractivity contribution in [3.63, 3.8) is 0 Å². The van der Waals surface area contributed by atoms with Crippen molar-refractivity contribution in [2.24, 2.45) is 11.7 Å². The predicted octanol–water partition coefficient (Wildman–Crippen LogP) is 1.97. The molecule has 0 aliphatic heterocycles. The summed E-state index contributed by atoms with van der Waals surface area (Å²) in [5.41, 5.74) is 6.43. The monoisotopic (exact) mass is 297 g/mol. The van der Waals surface area contributed by atoms with Crippen molar-refractivity contribution in [1.82, 2.24) is 4.90 Å². The molecule has 0 bridgehead atoms. The maximum atomic E-state index is 12.0. The normalized spacial score (nSPS) is 11.8. The first kappa shape index (κ1) is 16.5. The van der Waals surface area contributed by atoms with Crippen molar-refractivity contribution in [3.8, 4) is 0 Å². The van der Waals surface area contributed by atoms with Crippen molar-refractivity contribution >= 4 is 29.1 Å². The fourth-order valence-electron chi connectivity index (χ4n) is 1.71. The number of carbonyl (C=O) groups is 2. The summed E-state index contributed by atoms with van der Waals surface area (Å²) in [5, 5.41) is 3.11. The van der Waals surface area contributed by atoms with Crippen molar-refractivity contribution < 1.29 is 9.59 Å². The number of benzene rings is 1. The van der Waals surface area contributed by atoms with Gasteiger partial charge in [-0.2, -0.15) is 0 Å². The number of carbonyl (C=O) groups excluding carboxylic acids is 2. The third-order valence-corrected chi connectivity index (χ3v) is 3.36. The van der Waals surface area contributed by atoms with Crippen LogP contribution in [-0.2, 0) is 4.79 Å². The Hall–Kier alpha value is -1.59. The van der Waals surface area contributed by atoms with Gasteiger partial charge in [0.2, 0.25) is 5.91 Å². The first-order chi connectivity index (χ1) is 9.40. The molecule has 0 saturated heterocycles. The largest absolute Gasteiger partial charge is 0.345 e. The maximum absolute atomic E-state index is 12.0. The van der Waals surface area contributed by atoms with Gasteiger partial charge in [0.25, 0.3) is 5.91 Å². The maximum Gasteiger partial charge on any atom is 0.253 e. The molecule has 1 aromatic carbocycles. The molecule has 1 atom stereocenters. The van der Waals surface area contributed by atoms with E-state index in [1.807, 2.05) is 6.92 Å². The number of hydrogen-bond acceptors (Lipinski definition) is 3. The molecule has 1 unspecified atom stereocenters. The average molecular weight is 298 g/mol. The van der Waals surface area contributed by atoms with Gasteiger partial charge in [-0.3, -0.25) is 9.59 Å². The van der Waals surface area contributed by atoms with Crippen LogP contribution >= 0.6 is 11.6 Å². The molecule has 1 rings (SSSR count). The lowest BCUT2D eigenvalue weighted by molar-refractivity contribution is -0.119. The molecule has 2 amide bonds. The minimum Gasteiger partial charge on any atom is -0.345 e. The Labute approximate surface area is 124 Å². The summed E-state index contributed by atoms with van der Waals surface area (Å²) in [7, 11) is 3.33. The van der Waals surface area contributed by atoms with E-state index in [1.165, 1.54) is 4.90 Å². The Bertz CT molecular complexity index is 499. The van der Waals surface area contributed by atoms with Crippen LogP contribution in [0.5, 0.6) is 0 Å². The fourth-order valence-corrected chi connectivity index (χ4v) is 1.87. The number of halogens is 1. The fraction of sp³-hybridized carbons (Fsp3) is 0.429. The van der Waals surface area contributed by atoms with Crippen LogP contribution < -0.4 is 11.1 Å². The molecule has 0 aliphatic carbocycles. The van der Waals surface area contributed by atoms with Crippen LogP contribution in [0.25, 0.3) is 0 Å². The van der Waals surface area contributed by atoms with Gasteiger partial charge >= 0.3 is 0 Å². The predicted molar refractivity (Wildman–Crippen MR) is 80.9 cm³/mol. The van der Waals surface area contributed by atoms with Crippen LogP contribution in [0.3, 0.4) is 0 Å². The molecule has 0 heterocycles. The minimum atomic E-state index is -0.265. The van der Waals surface area contributed by atoms with E-state index >= 15 is 0 Å². The smallest absolute Gasteiger partial charge is 0.253 e. The highest BCUT2D eigenvalue weighted by atomic mass is 35.5. The molecule has 3 N–H and O–H groups in total. The molecule has 110 valence electrons. The summed E-state index contributed by atoms with van der Waals surface area (Å²) >= 11 is 6.04. The van der Waals surface area contributed by atoms with Crippen molar-refractivity contribution in [2.75, 3.05) is 26.0 Å². The van der Waals surface area contributed by atoms with Gasteiger partial charge in [0, 0.05) is 26.2 Å². The Morgan fingerprint density at radius 1 is 1.40 bits per heavy atom. The second-order valence-electron chi connectivity index (χ2n) is 4.72. The first-order valence-corrected chi connectivity index (χ1v) is 6.80. The Morgan fingerprint density at radius 2 is 2.05 bits per heavy atom. The highest BCUT2D eigenvalue weighted by Crippen LogP contribution is 2.24. The zero-order valence-electron chi connectivity index (χ0n) is 11.9. The lowest BCUT2D eigenvalue weighted by Gasteiger charge is -2.15. The van der Waals surface area contributed by atoms with Crippen LogP contribution in [0.2, 0.25) is 5.02 Å².